The third-order valence-corrected chi connectivity index (χ3v) is 4.49. The summed E-state index contributed by atoms with van der Waals surface area (Å²) in [4.78, 5) is 8.01. The lowest BCUT2D eigenvalue weighted by Gasteiger charge is -2.32. The van der Waals surface area contributed by atoms with Gasteiger partial charge in [-0.05, 0) is 18.6 Å². The third kappa shape index (κ3) is 3.21. The van der Waals surface area contributed by atoms with Gasteiger partial charge >= 0.3 is 0 Å². The molecule has 4 rings (SSSR count). The number of anilines is 1. The fourth-order valence-electron chi connectivity index (χ4n) is 3.03. The fraction of sp³-hybridized carbons (Fsp3) is 0.353. The molecule has 2 aromatic heterocycles. The van der Waals surface area contributed by atoms with Crippen LogP contribution in [0.2, 0.25) is 0 Å². The van der Waals surface area contributed by atoms with E-state index >= 15 is 0 Å². The molecular weight excluding hydrogens is 332 g/mol. The molecule has 0 amide bonds. The van der Waals surface area contributed by atoms with Crippen LogP contribution >= 0.6 is 0 Å². The highest BCUT2D eigenvalue weighted by molar-refractivity contribution is 5.67. The maximum absolute atomic E-state index is 10.3. The number of hydrogen-bond donors (Lipinski definition) is 2. The van der Waals surface area contributed by atoms with Crippen molar-refractivity contribution in [3.05, 3.63) is 36.8 Å². The second-order valence-electron chi connectivity index (χ2n) is 6.17. The van der Waals surface area contributed by atoms with Gasteiger partial charge in [-0.1, -0.05) is 6.92 Å². The summed E-state index contributed by atoms with van der Waals surface area (Å²) in [5.74, 6) is 0.697. The summed E-state index contributed by atoms with van der Waals surface area (Å²) in [6.07, 6.45) is 5.87. The molecule has 3 heterocycles. The molecule has 26 heavy (non-hydrogen) atoms. The molecule has 134 valence electrons. The average Bonchev–Trinajstić information content (AvgIpc) is 3.23. The first-order valence-corrected chi connectivity index (χ1v) is 8.62. The van der Waals surface area contributed by atoms with Crippen LogP contribution in [0, 0.1) is 0 Å². The molecule has 2 N–H and O–H groups in total. The van der Waals surface area contributed by atoms with E-state index in [1.54, 1.807) is 30.7 Å². The van der Waals surface area contributed by atoms with E-state index in [-0.39, 0.29) is 5.75 Å². The summed E-state index contributed by atoms with van der Waals surface area (Å²) >= 11 is 0. The van der Waals surface area contributed by atoms with Crippen LogP contribution in [0.5, 0.6) is 5.75 Å². The van der Waals surface area contributed by atoms with E-state index in [1.165, 1.54) is 4.80 Å². The van der Waals surface area contributed by atoms with Crippen molar-refractivity contribution in [1.29, 1.82) is 0 Å². The SMILES string of the molecule is CC[C@H]1CN(c2ncc(-c3ccc(-n4nccn4)cc3O)nn2)CCN1. The van der Waals surface area contributed by atoms with Crippen molar-refractivity contribution in [1.82, 2.24) is 35.5 Å². The lowest BCUT2D eigenvalue weighted by atomic mass is 10.1. The molecule has 0 unspecified atom stereocenters. The molecule has 9 heteroatoms. The summed E-state index contributed by atoms with van der Waals surface area (Å²) in [5, 5.41) is 30.4. The van der Waals surface area contributed by atoms with Gasteiger partial charge in [-0.2, -0.15) is 15.0 Å². The van der Waals surface area contributed by atoms with Gasteiger partial charge in [0, 0.05) is 37.3 Å². The minimum absolute atomic E-state index is 0.0804. The number of rotatable bonds is 4. The van der Waals surface area contributed by atoms with Crippen LogP contribution in [0.25, 0.3) is 16.9 Å². The Labute approximate surface area is 150 Å². The Kier molecular flexibility index (Phi) is 4.44. The molecule has 0 spiro atoms. The zero-order valence-electron chi connectivity index (χ0n) is 14.4. The van der Waals surface area contributed by atoms with Crippen molar-refractivity contribution < 1.29 is 5.11 Å². The highest BCUT2D eigenvalue weighted by Gasteiger charge is 2.20. The second kappa shape index (κ2) is 7.04. The first-order chi connectivity index (χ1) is 12.7. The van der Waals surface area contributed by atoms with Crippen LogP contribution in [-0.4, -0.2) is 61.0 Å². The molecular formula is C17H20N8O. The average molecular weight is 352 g/mol. The lowest BCUT2D eigenvalue weighted by molar-refractivity contribution is 0.442. The van der Waals surface area contributed by atoms with E-state index in [9.17, 15) is 5.11 Å². The van der Waals surface area contributed by atoms with Crippen LogP contribution in [0.4, 0.5) is 5.95 Å². The highest BCUT2D eigenvalue weighted by Crippen LogP contribution is 2.29. The molecule has 0 saturated carbocycles. The predicted octanol–water partition coefficient (Wildman–Crippen LogP) is 1.01. The van der Waals surface area contributed by atoms with E-state index in [2.05, 4.69) is 42.5 Å². The van der Waals surface area contributed by atoms with Gasteiger partial charge in [0.25, 0.3) is 0 Å². The topological polar surface area (TPSA) is 105 Å². The summed E-state index contributed by atoms with van der Waals surface area (Å²) in [6, 6.07) is 5.61. The van der Waals surface area contributed by atoms with Gasteiger partial charge in [0.2, 0.25) is 5.95 Å². The Morgan fingerprint density at radius 2 is 2.08 bits per heavy atom. The van der Waals surface area contributed by atoms with E-state index in [1.807, 2.05) is 6.07 Å². The number of phenols is 1. The zero-order chi connectivity index (χ0) is 17.9. The Hall–Kier alpha value is -3.07. The molecule has 9 nitrogen and oxygen atoms in total. The van der Waals surface area contributed by atoms with Crippen LogP contribution in [0.15, 0.2) is 36.8 Å². The molecule has 1 atom stereocenters. The number of phenolic OH excluding ortho intramolecular Hbond substituents is 1. The van der Waals surface area contributed by atoms with Crippen molar-refractivity contribution >= 4 is 5.95 Å². The van der Waals surface area contributed by atoms with Gasteiger partial charge in [-0.25, -0.2) is 4.98 Å². The van der Waals surface area contributed by atoms with Gasteiger partial charge in [0.1, 0.15) is 11.4 Å². The second-order valence-corrected chi connectivity index (χ2v) is 6.17. The number of nitrogens with one attached hydrogen (secondary N) is 1. The first kappa shape index (κ1) is 16.4. The van der Waals surface area contributed by atoms with Gasteiger partial charge < -0.3 is 15.3 Å². The van der Waals surface area contributed by atoms with E-state index in [0.717, 1.165) is 26.1 Å². The van der Waals surface area contributed by atoms with Crippen LogP contribution < -0.4 is 10.2 Å². The van der Waals surface area contributed by atoms with Crippen LogP contribution in [-0.2, 0) is 0 Å². The van der Waals surface area contributed by atoms with Gasteiger partial charge in [-0.3, -0.25) is 0 Å². The quantitative estimate of drug-likeness (QED) is 0.717. The maximum Gasteiger partial charge on any atom is 0.245 e. The number of nitrogens with zero attached hydrogens (tertiary/aromatic N) is 7. The largest absolute Gasteiger partial charge is 0.507 e. The number of hydrogen-bond acceptors (Lipinski definition) is 8. The molecule has 3 aromatic rings. The maximum atomic E-state index is 10.3. The molecule has 1 aliphatic rings. The Balaban J connectivity index is 1.55. The summed E-state index contributed by atoms with van der Waals surface area (Å²) in [5.41, 5.74) is 1.76. The highest BCUT2D eigenvalue weighted by atomic mass is 16.3. The van der Waals surface area contributed by atoms with E-state index in [4.69, 9.17) is 0 Å². The predicted molar refractivity (Wildman–Crippen MR) is 96.1 cm³/mol. The van der Waals surface area contributed by atoms with E-state index < -0.39 is 0 Å². The fourth-order valence-corrected chi connectivity index (χ4v) is 3.03. The molecule has 1 fully saturated rings. The molecule has 1 saturated heterocycles. The van der Waals surface area contributed by atoms with Gasteiger partial charge in [-0.15, -0.1) is 10.2 Å². The van der Waals surface area contributed by atoms with E-state index in [0.29, 0.717) is 28.9 Å². The van der Waals surface area contributed by atoms with Gasteiger partial charge in [0.15, 0.2) is 0 Å². The summed E-state index contributed by atoms with van der Waals surface area (Å²) in [7, 11) is 0. The Morgan fingerprint density at radius 1 is 1.23 bits per heavy atom. The Morgan fingerprint density at radius 3 is 2.77 bits per heavy atom. The minimum Gasteiger partial charge on any atom is -0.507 e. The number of piperazine rings is 1. The molecule has 1 aromatic carbocycles. The van der Waals surface area contributed by atoms with Crippen molar-refractivity contribution in [3.8, 4) is 22.7 Å². The standard InChI is InChI=1S/C17H20N8O/c1-2-12-11-24(8-7-18-12)17-19-10-15(22-23-17)14-4-3-13(9-16(14)26)25-20-5-6-21-25/h3-6,9-10,12,18,26H,2,7-8,11H2,1H3/t12-/m0/s1. The number of aromatic nitrogens is 6. The number of benzene rings is 1. The van der Waals surface area contributed by atoms with Crippen LogP contribution in [0.1, 0.15) is 13.3 Å². The van der Waals surface area contributed by atoms with Crippen LogP contribution in [0.3, 0.4) is 0 Å². The molecule has 0 aliphatic carbocycles. The van der Waals surface area contributed by atoms with Crippen molar-refractivity contribution in [2.45, 2.75) is 19.4 Å². The van der Waals surface area contributed by atoms with Gasteiger partial charge in [0.05, 0.1) is 24.3 Å². The normalized spacial score (nSPS) is 17.4. The summed E-state index contributed by atoms with van der Waals surface area (Å²) < 4.78 is 0. The molecule has 0 bridgehead atoms. The number of aromatic hydroxyl groups is 1. The summed E-state index contributed by atoms with van der Waals surface area (Å²) in [6.45, 7) is 4.80. The van der Waals surface area contributed by atoms with Crippen molar-refractivity contribution in [3.63, 3.8) is 0 Å². The smallest absolute Gasteiger partial charge is 0.245 e. The lowest BCUT2D eigenvalue weighted by Crippen LogP contribution is -2.51. The Bertz CT molecular complexity index is 865. The van der Waals surface area contributed by atoms with Crippen molar-refractivity contribution in [2.75, 3.05) is 24.5 Å². The molecule has 0 radical (unpaired) electrons. The molecule has 1 aliphatic heterocycles. The monoisotopic (exact) mass is 352 g/mol. The van der Waals surface area contributed by atoms with Crippen molar-refractivity contribution in [2.24, 2.45) is 0 Å². The zero-order valence-corrected chi connectivity index (χ0v) is 14.4. The minimum atomic E-state index is 0.0804. The third-order valence-electron chi connectivity index (χ3n) is 4.49. The first-order valence-electron chi connectivity index (χ1n) is 8.62.